The molecule has 0 radical (unpaired) electrons. The monoisotopic (exact) mass is 297 g/mol. The molecule has 0 amide bonds. The van der Waals surface area contributed by atoms with Gasteiger partial charge >= 0.3 is 0 Å². The van der Waals surface area contributed by atoms with Crippen LogP contribution in [0.1, 0.15) is 24.4 Å². The maximum atomic E-state index is 11.6. The van der Waals surface area contributed by atoms with E-state index in [2.05, 4.69) is 5.32 Å². The lowest BCUT2D eigenvalue weighted by atomic mass is 10.0. The Morgan fingerprint density at radius 2 is 2.10 bits per heavy atom. The van der Waals surface area contributed by atoms with Gasteiger partial charge < -0.3 is 10.1 Å². The second-order valence-corrected chi connectivity index (χ2v) is 7.73. The average Bonchev–Trinajstić information content (AvgIpc) is 2.44. The second kappa shape index (κ2) is 7.20. The van der Waals surface area contributed by atoms with Gasteiger partial charge in [0.15, 0.2) is 0 Å². The summed E-state index contributed by atoms with van der Waals surface area (Å²) in [5.41, 5.74) is 1.02. The molecule has 1 aromatic rings. The molecule has 1 heterocycles. The highest BCUT2D eigenvalue weighted by Gasteiger charge is 2.20. The van der Waals surface area contributed by atoms with Crippen LogP contribution in [0.3, 0.4) is 0 Å². The van der Waals surface area contributed by atoms with Crippen molar-refractivity contribution in [2.75, 3.05) is 31.8 Å². The van der Waals surface area contributed by atoms with Gasteiger partial charge in [-0.3, -0.25) is 0 Å². The van der Waals surface area contributed by atoms with Gasteiger partial charge in [-0.25, -0.2) is 8.42 Å². The highest BCUT2D eigenvalue weighted by Crippen LogP contribution is 2.17. The Balaban J connectivity index is 1.99. The lowest BCUT2D eigenvalue weighted by molar-refractivity contribution is 0.0540. The standard InChI is InChI=1S/C15H23NO3S/c1-20(17,18)12-15(14-7-3-2-4-8-14)16-10-13-6-5-9-19-11-13/h2-4,7-8,13,15-16H,5-6,9-12H2,1H3/t13-,15+/m1/s1. The first-order valence-corrected chi connectivity index (χ1v) is 9.14. The van der Waals surface area contributed by atoms with Gasteiger partial charge in [-0.1, -0.05) is 30.3 Å². The number of rotatable bonds is 6. The van der Waals surface area contributed by atoms with Crippen molar-refractivity contribution >= 4 is 9.84 Å². The molecule has 1 aromatic carbocycles. The van der Waals surface area contributed by atoms with Gasteiger partial charge in [0, 0.05) is 25.4 Å². The normalized spacial score (nSPS) is 21.6. The van der Waals surface area contributed by atoms with Crippen LogP contribution in [-0.2, 0) is 14.6 Å². The van der Waals surface area contributed by atoms with Gasteiger partial charge in [-0.05, 0) is 24.3 Å². The fourth-order valence-corrected chi connectivity index (χ4v) is 3.45. The first kappa shape index (κ1) is 15.5. The molecule has 112 valence electrons. The summed E-state index contributed by atoms with van der Waals surface area (Å²) in [6.07, 6.45) is 3.52. The van der Waals surface area contributed by atoms with Crippen molar-refractivity contribution in [3.63, 3.8) is 0 Å². The lowest BCUT2D eigenvalue weighted by Crippen LogP contribution is -2.34. The van der Waals surface area contributed by atoms with Crippen molar-refractivity contribution < 1.29 is 13.2 Å². The highest BCUT2D eigenvalue weighted by atomic mass is 32.2. The van der Waals surface area contributed by atoms with E-state index in [1.54, 1.807) is 0 Å². The van der Waals surface area contributed by atoms with Gasteiger partial charge in [0.05, 0.1) is 12.4 Å². The lowest BCUT2D eigenvalue weighted by Gasteiger charge is -2.25. The highest BCUT2D eigenvalue weighted by molar-refractivity contribution is 7.90. The van der Waals surface area contributed by atoms with E-state index >= 15 is 0 Å². The molecule has 4 nitrogen and oxygen atoms in total. The Kier molecular flexibility index (Phi) is 5.57. The average molecular weight is 297 g/mol. The van der Waals surface area contributed by atoms with E-state index in [0.717, 1.165) is 38.2 Å². The Bertz CT molecular complexity index is 495. The summed E-state index contributed by atoms with van der Waals surface area (Å²) < 4.78 is 28.7. The molecule has 0 aliphatic carbocycles. The minimum absolute atomic E-state index is 0.130. The summed E-state index contributed by atoms with van der Waals surface area (Å²) in [5, 5.41) is 3.40. The molecule has 0 saturated carbocycles. The van der Waals surface area contributed by atoms with Crippen LogP contribution in [0.2, 0.25) is 0 Å². The van der Waals surface area contributed by atoms with E-state index < -0.39 is 9.84 Å². The smallest absolute Gasteiger partial charge is 0.149 e. The molecular weight excluding hydrogens is 274 g/mol. The van der Waals surface area contributed by atoms with Crippen molar-refractivity contribution in [2.24, 2.45) is 5.92 Å². The number of hydrogen-bond acceptors (Lipinski definition) is 4. The molecule has 0 aromatic heterocycles. The third-order valence-electron chi connectivity index (χ3n) is 3.58. The molecule has 0 unspecified atom stereocenters. The zero-order valence-corrected chi connectivity index (χ0v) is 12.7. The number of nitrogens with one attached hydrogen (secondary N) is 1. The van der Waals surface area contributed by atoms with Gasteiger partial charge in [0.25, 0.3) is 0 Å². The minimum Gasteiger partial charge on any atom is -0.381 e. The number of sulfone groups is 1. The fraction of sp³-hybridized carbons (Fsp3) is 0.600. The van der Waals surface area contributed by atoms with Gasteiger partial charge in [-0.15, -0.1) is 0 Å². The maximum Gasteiger partial charge on any atom is 0.149 e. The molecule has 1 saturated heterocycles. The maximum absolute atomic E-state index is 11.6. The summed E-state index contributed by atoms with van der Waals surface area (Å²) >= 11 is 0. The quantitative estimate of drug-likeness (QED) is 0.870. The van der Waals surface area contributed by atoms with Crippen LogP contribution >= 0.6 is 0 Å². The van der Waals surface area contributed by atoms with Crippen molar-refractivity contribution in [1.82, 2.24) is 5.32 Å². The molecular formula is C15H23NO3S. The SMILES string of the molecule is CS(=O)(=O)C[C@H](NC[C@H]1CCCOC1)c1ccccc1. The second-order valence-electron chi connectivity index (χ2n) is 5.55. The van der Waals surface area contributed by atoms with Crippen LogP contribution in [-0.4, -0.2) is 40.2 Å². The molecule has 20 heavy (non-hydrogen) atoms. The Morgan fingerprint density at radius 1 is 1.35 bits per heavy atom. The van der Waals surface area contributed by atoms with Crippen LogP contribution in [0.25, 0.3) is 0 Å². The van der Waals surface area contributed by atoms with E-state index in [1.165, 1.54) is 6.26 Å². The summed E-state index contributed by atoms with van der Waals surface area (Å²) in [6.45, 7) is 2.42. The molecule has 0 spiro atoms. The Labute approximate surface area is 121 Å². The van der Waals surface area contributed by atoms with Crippen molar-refractivity contribution in [3.8, 4) is 0 Å². The van der Waals surface area contributed by atoms with Gasteiger partial charge in [0.1, 0.15) is 9.84 Å². The third-order valence-corrected chi connectivity index (χ3v) is 4.52. The van der Waals surface area contributed by atoms with E-state index in [-0.39, 0.29) is 11.8 Å². The Hall–Kier alpha value is -0.910. The number of ether oxygens (including phenoxy) is 1. The van der Waals surface area contributed by atoms with Crippen LogP contribution in [0.15, 0.2) is 30.3 Å². The first-order chi connectivity index (χ1) is 9.54. The fourth-order valence-electron chi connectivity index (χ4n) is 2.54. The van der Waals surface area contributed by atoms with E-state index in [0.29, 0.717) is 5.92 Å². The minimum atomic E-state index is -3.02. The zero-order valence-electron chi connectivity index (χ0n) is 11.9. The first-order valence-electron chi connectivity index (χ1n) is 7.08. The molecule has 1 aliphatic heterocycles. The van der Waals surface area contributed by atoms with E-state index in [9.17, 15) is 8.42 Å². The molecule has 1 fully saturated rings. The number of hydrogen-bond donors (Lipinski definition) is 1. The predicted octanol–water partition coefficient (Wildman–Crippen LogP) is 1.79. The third kappa shape index (κ3) is 5.23. The van der Waals surface area contributed by atoms with Crippen molar-refractivity contribution in [3.05, 3.63) is 35.9 Å². The van der Waals surface area contributed by atoms with E-state index in [1.807, 2.05) is 30.3 Å². The van der Waals surface area contributed by atoms with Crippen molar-refractivity contribution in [1.29, 1.82) is 0 Å². The molecule has 1 aliphatic rings. The predicted molar refractivity (Wildman–Crippen MR) is 80.4 cm³/mol. The summed E-state index contributed by atoms with van der Waals surface area (Å²) in [7, 11) is -3.02. The molecule has 2 rings (SSSR count). The molecule has 1 N–H and O–H groups in total. The molecule has 0 bridgehead atoms. The number of benzene rings is 1. The Morgan fingerprint density at radius 3 is 2.70 bits per heavy atom. The van der Waals surface area contributed by atoms with Gasteiger partial charge in [-0.2, -0.15) is 0 Å². The van der Waals surface area contributed by atoms with Crippen LogP contribution in [0.4, 0.5) is 0 Å². The van der Waals surface area contributed by atoms with Gasteiger partial charge in [0.2, 0.25) is 0 Å². The van der Waals surface area contributed by atoms with Crippen molar-refractivity contribution in [2.45, 2.75) is 18.9 Å². The zero-order chi connectivity index (χ0) is 14.4. The summed E-state index contributed by atoms with van der Waals surface area (Å²) in [6, 6.07) is 9.62. The summed E-state index contributed by atoms with van der Waals surface area (Å²) in [4.78, 5) is 0. The molecule has 5 heteroatoms. The van der Waals surface area contributed by atoms with Crippen LogP contribution in [0, 0.1) is 5.92 Å². The molecule has 2 atom stereocenters. The topological polar surface area (TPSA) is 55.4 Å². The van der Waals surface area contributed by atoms with E-state index in [4.69, 9.17) is 4.74 Å². The van der Waals surface area contributed by atoms with Crippen LogP contribution < -0.4 is 5.32 Å². The largest absolute Gasteiger partial charge is 0.381 e. The van der Waals surface area contributed by atoms with Crippen LogP contribution in [0.5, 0.6) is 0 Å². The summed E-state index contributed by atoms with van der Waals surface area (Å²) in [5.74, 6) is 0.611.